The molecule has 4 fully saturated rings. The Balaban J connectivity index is 1.77. The molecule has 0 aromatic rings. The normalized spacial score (nSPS) is 47.3. The molecule has 4 aliphatic carbocycles. The highest BCUT2D eigenvalue weighted by atomic mass is 16.2. The summed E-state index contributed by atoms with van der Waals surface area (Å²) in [4.78, 5) is 12.4. The van der Waals surface area contributed by atoms with Crippen molar-refractivity contribution in [2.75, 3.05) is 0 Å². The third kappa shape index (κ3) is 2.38. The van der Waals surface area contributed by atoms with E-state index < -0.39 is 0 Å². The zero-order chi connectivity index (χ0) is 14.6. The standard InChI is InChI=1S/C17H30N2O/c1-4-5-13(18)14(20)19-17-8-12-6-15(2,10-17)9-16(3,7-12)11-17/h12-13H,4-11,18H2,1-3H3,(H,19,20)/t12?,13-,15?,16?,17?/m1/s1. The Labute approximate surface area is 123 Å². The lowest BCUT2D eigenvalue weighted by Crippen LogP contribution is -2.66. The van der Waals surface area contributed by atoms with Crippen LogP contribution in [0.25, 0.3) is 0 Å². The largest absolute Gasteiger partial charge is 0.349 e. The quantitative estimate of drug-likeness (QED) is 0.830. The molecule has 0 spiro atoms. The van der Waals surface area contributed by atoms with Crippen LogP contribution in [-0.2, 0) is 4.79 Å². The molecule has 0 aliphatic heterocycles. The Morgan fingerprint density at radius 3 is 2.30 bits per heavy atom. The van der Waals surface area contributed by atoms with Crippen molar-refractivity contribution in [3.63, 3.8) is 0 Å². The number of rotatable bonds is 4. The van der Waals surface area contributed by atoms with Crippen molar-refractivity contribution < 1.29 is 4.79 Å². The van der Waals surface area contributed by atoms with Crippen molar-refractivity contribution in [2.24, 2.45) is 22.5 Å². The number of carbonyl (C=O) groups is 1. The molecule has 0 radical (unpaired) electrons. The number of nitrogens with two attached hydrogens (primary N) is 1. The van der Waals surface area contributed by atoms with E-state index in [0.717, 1.165) is 31.6 Å². The first-order valence-corrected chi connectivity index (χ1v) is 8.35. The number of hydrogen-bond acceptors (Lipinski definition) is 2. The average molecular weight is 278 g/mol. The summed E-state index contributed by atoms with van der Waals surface area (Å²) in [6, 6.07) is -0.325. The molecule has 3 N–H and O–H groups in total. The number of amides is 1. The van der Waals surface area contributed by atoms with E-state index in [4.69, 9.17) is 5.73 Å². The van der Waals surface area contributed by atoms with Gasteiger partial charge in [-0.05, 0) is 61.7 Å². The van der Waals surface area contributed by atoms with Crippen LogP contribution in [0.5, 0.6) is 0 Å². The first kappa shape index (κ1) is 14.4. The predicted octanol–water partition coefficient (Wildman–Crippen LogP) is 2.98. The molecule has 3 heteroatoms. The van der Waals surface area contributed by atoms with Gasteiger partial charge in [0.05, 0.1) is 6.04 Å². The summed E-state index contributed by atoms with van der Waals surface area (Å²) in [6.45, 7) is 6.95. The van der Waals surface area contributed by atoms with E-state index in [1.54, 1.807) is 0 Å². The second-order valence-electron chi connectivity index (χ2n) is 8.79. The number of carbonyl (C=O) groups excluding carboxylic acids is 1. The SMILES string of the molecule is CCC[C@@H](N)C(=O)NC12CC3CC(C)(CC(C)(C3)C1)C2. The van der Waals surface area contributed by atoms with E-state index in [-0.39, 0.29) is 17.5 Å². The molecule has 0 heterocycles. The molecule has 4 bridgehead atoms. The van der Waals surface area contributed by atoms with Gasteiger partial charge in [-0.2, -0.15) is 0 Å². The van der Waals surface area contributed by atoms with Crippen molar-refractivity contribution in [1.82, 2.24) is 5.32 Å². The lowest BCUT2D eigenvalue weighted by molar-refractivity contribution is -0.140. The average Bonchev–Trinajstić information content (AvgIpc) is 2.23. The van der Waals surface area contributed by atoms with E-state index in [1.807, 2.05) is 0 Å². The fourth-order valence-corrected chi connectivity index (χ4v) is 6.38. The Morgan fingerprint density at radius 1 is 1.20 bits per heavy atom. The van der Waals surface area contributed by atoms with E-state index in [9.17, 15) is 4.79 Å². The zero-order valence-corrected chi connectivity index (χ0v) is 13.3. The van der Waals surface area contributed by atoms with Crippen molar-refractivity contribution in [2.45, 2.75) is 83.7 Å². The first-order chi connectivity index (χ1) is 9.27. The van der Waals surface area contributed by atoms with Crippen LogP contribution < -0.4 is 11.1 Å². The van der Waals surface area contributed by atoms with Gasteiger partial charge >= 0.3 is 0 Å². The topological polar surface area (TPSA) is 55.1 Å². The van der Waals surface area contributed by atoms with E-state index in [2.05, 4.69) is 26.1 Å². The van der Waals surface area contributed by atoms with E-state index >= 15 is 0 Å². The van der Waals surface area contributed by atoms with Crippen LogP contribution in [0, 0.1) is 16.7 Å². The Hall–Kier alpha value is -0.570. The molecule has 0 saturated heterocycles. The monoisotopic (exact) mass is 278 g/mol. The van der Waals surface area contributed by atoms with Crippen LogP contribution in [-0.4, -0.2) is 17.5 Å². The number of nitrogens with one attached hydrogen (secondary N) is 1. The molecule has 2 unspecified atom stereocenters. The minimum absolute atomic E-state index is 0.0470. The van der Waals surface area contributed by atoms with E-state index in [0.29, 0.717) is 10.8 Å². The summed E-state index contributed by atoms with van der Waals surface area (Å²) in [5.74, 6) is 0.893. The minimum atomic E-state index is -0.325. The van der Waals surface area contributed by atoms with Crippen molar-refractivity contribution in [3.8, 4) is 0 Å². The fourth-order valence-electron chi connectivity index (χ4n) is 6.38. The van der Waals surface area contributed by atoms with Gasteiger partial charge in [0.2, 0.25) is 5.91 Å². The minimum Gasteiger partial charge on any atom is -0.349 e. The molecule has 3 nitrogen and oxygen atoms in total. The fraction of sp³-hybridized carbons (Fsp3) is 0.941. The second kappa shape index (κ2) is 4.46. The van der Waals surface area contributed by atoms with Gasteiger partial charge < -0.3 is 11.1 Å². The van der Waals surface area contributed by atoms with Crippen molar-refractivity contribution >= 4 is 5.91 Å². The van der Waals surface area contributed by atoms with E-state index in [1.165, 1.54) is 25.7 Å². The molecule has 1 amide bonds. The third-order valence-corrected chi connectivity index (χ3v) is 5.95. The lowest BCUT2D eigenvalue weighted by Gasteiger charge is -2.65. The van der Waals surface area contributed by atoms with Gasteiger partial charge in [0.1, 0.15) is 0 Å². The number of hydrogen-bond donors (Lipinski definition) is 2. The van der Waals surface area contributed by atoms with Gasteiger partial charge in [-0.3, -0.25) is 4.79 Å². The smallest absolute Gasteiger partial charge is 0.237 e. The van der Waals surface area contributed by atoms with Gasteiger partial charge in [0.25, 0.3) is 0 Å². The molecule has 4 saturated carbocycles. The summed E-state index contributed by atoms with van der Waals surface area (Å²) in [5, 5.41) is 3.40. The molecule has 4 rings (SSSR count). The van der Waals surface area contributed by atoms with Crippen LogP contribution in [0.4, 0.5) is 0 Å². The van der Waals surface area contributed by atoms with Crippen molar-refractivity contribution in [1.29, 1.82) is 0 Å². The molecule has 3 atom stereocenters. The van der Waals surface area contributed by atoms with Crippen LogP contribution in [0.2, 0.25) is 0 Å². The Kier molecular flexibility index (Phi) is 3.20. The summed E-state index contributed by atoms with van der Waals surface area (Å²) in [5.41, 5.74) is 6.94. The maximum absolute atomic E-state index is 12.4. The van der Waals surface area contributed by atoms with Gasteiger partial charge in [-0.1, -0.05) is 27.2 Å². The van der Waals surface area contributed by atoms with Crippen LogP contribution >= 0.6 is 0 Å². The van der Waals surface area contributed by atoms with Gasteiger partial charge in [0.15, 0.2) is 0 Å². The van der Waals surface area contributed by atoms with Gasteiger partial charge in [0, 0.05) is 5.54 Å². The molecule has 0 aromatic carbocycles. The summed E-state index contributed by atoms with van der Waals surface area (Å²) in [6.07, 6.45) is 9.34. The van der Waals surface area contributed by atoms with Crippen LogP contribution in [0.1, 0.15) is 72.1 Å². The van der Waals surface area contributed by atoms with Crippen LogP contribution in [0.3, 0.4) is 0 Å². The van der Waals surface area contributed by atoms with Gasteiger partial charge in [-0.25, -0.2) is 0 Å². The lowest BCUT2D eigenvalue weighted by atomic mass is 9.43. The first-order valence-electron chi connectivity index (χ1n) is 8.35. The third-order valence-electron chi connectivity index (χ3n) is 5.95. The van der Waals surface area contributed by atoms with Crippen LogP contribution in [0.15, 0.2) is 0 Å². The highest BCUT2D eigenvalue weighted by Gasteiger charge is 2.60. The Bertz CT molecular complexity index is 401. The molecule has 114 valence electrons. The second-order valence-corrected chi connectivity index (χ2v) is 8.79. The summed E-state index contributed by atoms with van der Waals surface area (Å²) in [7, 11) is 0. The molecule has 0 aromatic heterocycles. The highest BCUT2D eigenvalue weighted by Crippen LogP contribution is 2.66. The summed E-state index contributed by atoms with van der Waals surface area (Å²) >= 11 is 0. The predicted molar refractivity (Wildman–Crippen MR) is 81.2 cm³/mol. The molecular weight excluding hydrogens is 248 g/mol. The highest BCUT2D eigenvalue weighted by molar-refractivity contribution is 5.82. The molecule has 4 aliphatic rings. The maximum atomic E-state index is 12.4. The van der Waals surface area contributed by atoms with Crippen molar-refractivity contribution in [3.05, 3.63) is 0 Å². The molecule has 20 heavy (non-hydrogen) atoms. The summed E-state index contributed by atoms with van der Waals surface area (Å²) < 4.78 is 0. The zero-order valence-electron chi connectivity index (χ0n) is 13.3. The van der Waals surface area contributed by atoms with Gasteiger partial charge in [-0.15, -0.1) is 0 Å². The maximum Gasteiger partial charge on any atom is 0.237 e. The Morgan fingerprint density at radius 2 is 1.80 bits per heavy atom. The molecular formula is C17H30N2O.